The minimum atomic E-state index is -1.02. The first kappa shape index (κ1) is 17.3. The Morgan fingerprint density at radius 2 is 1.87 bits per heavy atom. The Kier molecular flexibility index (Phi) is 5.65. The maximum atomic E-state index is 13.1. The van der Waals surface area contributed by atoms with E-state index in [-0.39, 0.29) is 23.4 Å². The second kappa shape index (κ2) is 7.50. The first-order valence-electron chi connectivity index (χ1n) is 7.57. The number of benzene rings is 1. The molecule has 1 aliphatic rings. The zero-order chi connectivity index (χ0) is 17.0. The van der Waals surface area contributed by atoms with Crippen molar-refractivity contribution in [3.63, 3.8) is 0 Å². The summed E-state index contributed by atoms with van der Waals surface area (Å²) in [5.74, 6) is -3.20. The molecule has 7 heteroatoms. The van der Waals surface area contributed by atoms with E-state index in [2.05, 4.69) is 10.6 Å². The van der Waals surface area contributed by atoms with Gasteiger partial charge in [0.15, 0.2) is 11.6 Å². The second-order valence-electron chi connectivity index (χ2n) is 6.01. The summed E-state index contributed by atoms with van der Waals surface area (Å²) in [6.45, 7) is 1.45. The van der Waals surface area contributed by atoms with Crippen LogP contribution in [0.5, 0.6) is 0 Å². The van der Waals surface area contributed by atoms with Crippen LogP contribution >= 0.6 is 0 Å². The predicted octanol–water partition coefficient (Wildman–Crippen LogP) is 1.61. The molecule has 2 atom stereocenters. The van der Waals surface area contributed by atoms with Crippen molar-refractivity contribution in [1.29, 1.82) is 0 Å². The van der Waals surface area contributed by atoms with Crippen LogP contribution in [-0.4, -0.2) is 43.9 Å². The average Bonchev–Trinajstić information content (AvgIpc) is 3.27. The Morgan fingerprint density at radius 3 is 2.52 bits per heavy atom. The zero-order valence-corrected chi connectivity index (χ0v) is 13.2. The number of amides is 2. The lowest BCUT2D eigenvalue weighted by Crippen LogP contribution is -2.30. The highest BCUT2D eigenvalue weighted by molar-refractivity contribution is 5.99. The van der Waals surface area contributed by atoms with E-state index in [1.807, 2.05) is 19.0 Å². The number of anilines is 1. The summed E-state index contributed by atoms with van der Waals surface area (Å²) in [5, 5.41) is 5.32. The Bertz CT molecular complexity index is 593. The van der Waals surface area contributed by atoms with Crippen molar-refractivity contribution in [2.24, 2.45) is 11.8 Å². The molecule has 23 heavy (non-hydrogen) atoms. The standard InChI is InChI=1S/C16H21F2N3O2/c1-21(2)7-3-6-19-15(22)11-9-12(11)16(23)20-10-4-5-13(17)14(18)8-10/h4-5,8,11-12H,3,6-7,9H2,1-2H3,(H,19,22)(H,20,23). The van der Waals surface area contributed by atoms with Crippen LogP contribution in [0.2, 0.25) is 0 Å². The molecule has 0 radical (unpaired) electrons. The van der Waals surface area contributed by atoms with E-state index < -0.39 is 17.6 Å². The van der Waals surface area contributed by atoms with E-state index >= 15 is 0 Å². The van der Waals surface area contributed by atoms with Gasteiger partial charge in [-0.15, -0.1) is 0 Å². The Balaban J connectivity index is 1.75. The van der Waals surface area contributed by atoms with Crippen molar-refractivity contribution in [3.8, 4) is 0 Å². The molecule has 1 aromatic carbocycles. The number of rotatable bonds is 7. The van der Waals surface area contributed by atoms with E-state index in [0.717, 1.165) is 25.1 Å². The summed E-state index contributed by atoms with van der Waals surface area (Å²) >= 11 is 0. The van der Waals surface area contributed by atoms with Gasteiger partial charge < -0.3 is 15.5 Å². The van der Waals surface area contributed by atoms with Crippen molar-refractivity contribution in [2.75, 3.05) is 32.5 Å². The van der Waals surface area contributed by atoms with Gasteiger partial charge in [0.25, 0.3) is 0 Å². The van der Waals surface area contributed by atoms with Crippen LogP contribution in [0.25, 0.3) is 0 Å². The van der Waals surface area contributed by atoms with Gasteiger partial charge in [-0.05, 0) is 45.6 Å². The van der Waals surface area contributed by atoms with Gasteiger partial charge in [0.2, 0.25) is 11.8 Å². The summed E-state index contributed by atoms with van der Waals surface area (Å²) in [5.41, 5.74) is 0.186. The highest BCUT2D eigenvalue weighted by Gasteiger charge is 2.47. The molecule has 0 saturated heterocycles. The number of nitrogens with one attached hydrogen (secondary N) is 2. The lowest BCUT2D eigenvalue weighted by atomic mass is 10.2. The van der Waals surface area contributed by atoms with E-state index in [9.17, 15) is 18.4 Å². The maximum absolute atomic E-state index is 13.1. The van der Waals surface area contributed by atoms with E-state index in [0.29, 0.717) is 13.0 Å². The topological polar surface area (TPSA) is 61.4 Å². The molecule has 0 aliphatic heterocycles. The van der Waals surface area contributed by atoms with Crippen LogP contribution in [0.1, 0.15) is 12.8 Å². The van der Waals surface area contributed by atoms with Crippen LogP contribution in [0.3, 0.4) is 0 Å². The molecular weight excluding hydrogens is 304 g/mol. The highest BCUT2D eigenvalue weighted by atomic mass is 19.2. The molecule has 0 spiro atoms. The number of carbonyl (C=O) groups is 2. The number of hydrogen-bond donors (Lipinski definition) is 2. The van der Waals surface area contributed by atoms with Gasteiger partial charge in [-0.3, -0.25) is 9.59 Å². The third kappa shape index (κ3) is 4.99. The smallest absolute Gasteiger partial charge is 0.228 e. The first-order chi connectivity index (χ1) is 10.9. The van der Waals surface area contributed by atoms with Gasteiger partial charge in [-0.1, -0.05) is 0 Å². The van der Waals surface area contributed by atoms with Crippen LogP contribution in [0.4, 0.5) is 14.5 Å². The molecule has 0 heterocycles. The number of halogens is 2. The number of nitrogens with zero attached hydrogens (tertiary/aromatic N) is 1. The summed E-state index contributed by atoms with van der Waals surface area (Å²) in [7, 11) is 3.92. The van der Waals surface area contributed by atoms with Crippen molar-refractivity contribution in [1.82, 2.24) is 10.2 Å². The second-order valence-corrected chi connectivity index (χ2v) is 6.01. The molecule has 2 N–H and O–H groups in total. The molecule has 1 fully saturated rings. The first-order valence-corrected chi connectivity index (χ1v) is 7.57. The van der Waals surface area contributed by atoms with Crippen LogP contribution in [0.15, 0.2) is 18.2 Å². The molecule has 1 saturated carbocycles. The monoisotopic (exact) mass is 325 g/mol. The van der Waals surface area contributed by atoms with Crippen LogP contribution in [0, 0.1) is 23.5 Å². The summed E-state index contributed by atoms with van der Waals surface area (Å²) in [4.78, 5) is 25.9. The van der Waals surface area contributed by atoms with Gasteiger partial charge in [0.05, 0.1) is 11.8 Å². The molecule has 1 aromatic rings. The van der Waals surface area contributed by atoms with Gasteiger partial charge in [-0.2, -0.15) is 0 Å². The summed E-state index contributed by atoms with van der Waals surface area (Å²) in [6, 6.07) is 3.16. The van der Waals surface area contributed by atoms with Crippen molar-refractivity contribution in [3.05, 3.63) is 29.8 Å². The molecule has 0 aromatic heterocycles. The summed E-state index contributed by atoms with van der Waals surface area (Å²) in [6.07, 6.45) is 1.33. The minimum Gasteiger partial charge on any atom is -0.356 e. The largest absolute Gasteiger partial charge is 0.356 e. The number of carbonyl (C=O) groups excluding carboxylic acids is 2. The fraction of sp³-hybridized carbons (Fsp3) is 0.500. The molecule has 0 bridgehead atoms. The Morgan fingerprint density at radius 1 is 1.17 bits per heavy atom. The molecule has 126 valence electrons. The van der Waals surface area contributed by atoms with Crippen molar-refractivity contribution < 1.29 is 18.4 Å². The minimum absolute atomic E-state index is 0.130. The predicted molar refractivity (Wildman–Crippen MR) is 82.8 cm³/mol. The summed E-state index contributed by atoms with van der Waals surface area (Å²) < 4.78 is 25.9. The molecule has 1 aliphatic carbocycles. The Hall–Kier alpha value is -2.02. The van der Waals surface area contributed by atoms with Gasteiger partial charge in [-0.25, -0.2) is 8.78 Å². The van der Waals surface area contributed by atoms with E-state index in [1.54, 1.807) is 0 Å². The van der Waals surface area contributed by atoms with E-state index in [1.165, 1.54) is 6.07 Å². The normalized spacial score (nSPS) is 19.5. The van der Waals surface area contributed by atoms with Gasteiger partial charge >= 0.3 is 0 Å². The van der Waals surface area contributed by atoms with Gasteiger partial charge in [0.1, 0.15) is 0 Å². The molecule has 2 unspecified atom stereocenters. The Labute approximate surface area is 134 Å². The molecule has 5 nitrogen and oxygen atoms in total. The third-order valence-corrected chi connectivity index (χ3v) is 3.73. The SMILES string of the molecule is CN(C)CCCNC(=O)C1CC1C(=O)Nc1ccc(F)c(F)c1. The zero-order valence-electron chi connectivity index (χ0n) is 13.2. The van der Waals surface area contributed by atoms with Crippen molar-refractivity contribution >= 4 is 17.5 Å². The lowest BCUT2D eigenvalue weighted by Gasteiger charge is -2.10. The van der Waals surface area contributed by atoms with Crippen molar-refractivity contribution in [2.45, 2.75) is 12.8 Å². The quantitative estimate of drug-likeness (QED) is 0.749. The average molecular weight is 325 g/mol. The fourth-order valence-corrected chi connectivity index (χ4v) is 2.32. The highest BCUT2D eigenvalue weighted by Crippen LogP contribution is 2.39. The molecule has 2 amide bonds. The lowest BCUT2D eigenvalue weighted by molar-refractivity contribution is -0.125. The number of hydrogen-bond acceptors (Lipinski definition) is 3. The third-order valence-electron chi connectivity index (χ3n) is 3.73. The fourth-order valence-electron chi connectivity index (χ4n) is 2.32. The molecule has 2 rings (SSSR count). The van der Waals surface area contributed by atoms with Crippen LogP contribution in [-0.2, 0) is 9.59 Å². The van der Waals surface area contributed by atoms with Crippen LogP contribution < -0.4 is 10.6 Å². The van der Waals surface area contributed by atoms with E-state index in [4.69, 9.17) is 0 Å². The maximum Gasteiger partial charge on any atom is 0.228 e. The molecular formula is C16H21F2N3O2. The van der Waals surface area contributed by atoms with Gasteiger partial charge in [0, 0.05) is 18.3 Å².